The van der Waals surface area contributed by atoms with Crippen LogP contribution < -0.4 is 5.73 Å². The first-order valence-corrected chi connectivity index (χ1v) is 7.16. The number of nitrogens with two attached hydrogens (primary N) is 1. The molecule has 0 aliphatic carbocycles. The van der Waals surface area contributed by atoms with Crippen molar-refractivity contribution in [3.8, 4) is 0 Å². The molecule has 0 radical (unpaired) electrons. The Morgan fingerprint density at radius 3 is 2.17 bits per heavy atom. The van der Waals surface area contributed by atoms with Gasteiger partial charge in [-0.3, -0.25) is 0 Å². The minimum atomic E-state index is -0.0441. The van der Waals surface area contributed by atoms with Crippen molar-refractivity contribution >= 4 is 22.6 Å². The van der Waals surface area contributed by atoms with Crippen LogP contribution in [0.25, 0.3) is 0 Å². The first-order chi connectivity index (χ1) is 8.50. The van der Waals surface area contributed by atoms with Gasteiger partial charge in [0.15, 0.2) is 0 Å². The smallest absolute Gasteiger partial charge is 0.0564 e. The largest absolute Gasteiger partial charge is 0.320 e. The van der Waals surface area contributed by atoms with Crippen LogP contribution in [0.5, 0.6) is 0 Å². The summed E-state index contributed by atoms with van der Waals surface area (Å²) >= 11 is 2.35. The van der Waals surface area contributed by atoms with Gasteiger partial charge in [0.2, 0.25) is 0 Å². The van der Waals surface area contributed by atoms with Gasteiger partial charge in [-0.15, -0.1) is 0 Å². The Morgan fingerprint density at radius 1 is 0.889 bits per heavy atom. The van der Waals surface area contributed by atoms with E-state index >= 15 is 0 Å². The third kappa shape index (κ3) is 2.59. The van der Waals surface area contributed by atoms with E-state index in [1.807, 2.05) is 12.1 Å². The molecule has 94 valence electrons. The van der Waals surface area contributed by atoms with Crippen LogP contribution in [0.1, 0.15) is 33.9 Å². The van der Waals surface area contributed by atoms with E-state index in [9.17, 15) is 0 Å². The number of aryl methyl sites for hydroxylation is 3. The van der Waals surface area contributed by atoms with Crippen LogP contribution in [0, 0.1) is 24.3 Å². The summed E-state index contributed by atoms with van der Waals surface area (Å²) < 4.78 is 1.22. The second kappa shape index (κ2) is 5.41. The fourth-order valence-corrected chi connectivity index (χ4v) is 2.94. The zero-order chi connectivity index (χ0) is 13.3. The average Bonchev–Trinajstić information content (AvgIpc) is 2.33. The fourth-order valence-electron chi connectivity index (χ4n) is 2.21. The molecule has 0 spiro atoms. The maximum atomic E-state index is 6.43. The van der Waals surface area contributed by atoms with E-state index in [2.05, 4.69) is 67.6 Å². The zero-order valence-corrected chi connectivity index (χ0v) is 13.2. The average molecular weight is 351 g/mol. The van der Waals surface area contributed by atoms with Crippen LogP contribution in [0.3, 0.4) is 0 Å². The molecule has 2 aromatic carbocycles. The molecule has 2 heteroatoms. The normalized spacial score (nSPS) is 12.5. The van der Waals surface area contributed by atoms with Crippen LogP contribution in [0.4, 0.5) is 0 Å². The van der Waals surface area contributed by atoms with Gasteiger partial charge in [0.25, 0.3) is 0 Å². The van der Waals surface area contributed by atoms with Crippen molar-refractivity contribution in [2.45, 2.75) is 26.8 Å². The summed E-state index contributed by atoms with van der Waals surface area (Å²) in [4.78, 5) is 0. The van der Waals surface area contributed by atoms with Gasteiger partial charge in [-0.05, 0) is 77.2 Å². The Balaban J connectivity index is 2.50. The van der Waals surface area contributed by atoms with Gasteiger partial charge in [-0.1, -0.05) is 30.3 Å². The van der Waals surface area contributed by atoms with Crippen LogP contribution in [-0.2, 0) is 0 Å². The SMILES string of the molecule is Cc1cc(C)c(C(N)c2ccccc2I)cc1C. The molecule has 2 N–H and O–H groups in total. The monoisotopic (exact) mass is 351 g/mol. The van der Waals surface area contributed by atoms with E-state index in [-0.39, 0.29) is 6.04 Å². The molecule has 0 fully saturated rings. The highest BCUT2D eigenvalue weighted by Crippen LogP contribution is 2.28. The van der Waals surface area contributed by atoms with Gasteiger partial charge in [0.1, 0.15) is 0 Å². The second-order valence-corrected chi connectivity index (χ2v) is 5.95. The molecule has 0 heterocycles. The van der Waals surface area contributed by atoms with Crippen molar-refractivity contribution in [2.75, 3.05) is 0 Å². The highest BCUT2D eigenvalue weighted by Gasteiger charge is 2.14. The van der Waals surface area contributed by atoms with Gasteiger partial charge in [-0.2, -0.15) is 0 Å². The van der Waals surface area contributed by atoms with Crippen LogP contribution in [0.15, 0.2) is 36.4 Å². The van der Waals surface area contributed by atoms with Crippen LogP contribution >= 0.6 is 22.6 Å². The molecule has 0 bridgehead atoms. The molecule has 1 atom stereocenters. The molecule has 1 nitrogen and oxygen atoms in total. The Kier molecular flexibility index (Phi) is 4.07. The van der Waals surface area contributed by atoms with Crippen molar-refractivity contribution in [3.05, 3.63) is 67.8 Å². The van der Waals surface area contributed by atoms with Crippen molar-refractivity contribution in [1.29, 1.82) is 0 Å². The molecule has 1 unspecified atom stereocenters. The molecule has 18 heavy (non-hydrogen) atoms. The molecule has 0 aliphatic heterocycles. The van der Waals surface area contributed by atoms with E-state index in [0.29, 0.717) is 0 Å². The molecule has 0 saturated heterocycles. The summed E-state index contributed by atoms with van der Waals surface area (Å²) in [5, 5.41) is 0. The Bertz CT molecular complexity index is 575. The number of hydrogen-bond acceptors (Lipinski definition) is 1. The summed E-state index contributed by atoms with van der Waals surface area (Å²) in [6, 6.07) is 12.7. The molecular formula is C16H18IN. The predicted molar refractivity (Wildman–Crippen MR) is 85.8 cm³/mol. The Labute approximate surface area is 123 Å². The number of hydrogen-bond donors (Lipinski definition) is 1. The second-order valence-electron chi connectivity index (χ2n) is 4.79. The molecule has 0 aromatic heterocycles. The summed E-state index contributed by atoms with van der Waals surface area (Å²) in [7, 11) is 0. The highest BCUT2D eigenvalue weighted by atomic mass is 127. The molecule has 2 aromatic rings. The molecule has 0 saturated carbocycles. The summed E-state index contributed by atoms with van der Waals surface area (Å²) in [6.07, 6.45) is 0. The predicted octanol–water partition coefficient (Wildman–Crippen LogP) is 4.26. The first-order valence-electron chi connectivity index (χ1n) is 6.08. The molecule has 2 rings (SSSR count). The standard InChI is InChI=1S/C16H18IN/c1-10-8-12(3)14(9-11(10)2)16(18)13-6-4-5-7-15(13)17/h4-9,16H,18H2,1-3H3. The molecule has 0 amide bonds. The van der Waals surface area contributed by atoms with Crippen molar-refractivity contribution in [3.63, 3.8) is 0 Å². The number of halogens is 1. The van der Waals surface area contributed by atoms with Crippen LogP contribution in [0.2, 0.25) is 0 Å². The quantitative estimate of drug-likeness (QED) is 0.804. The molecular weight excluding hydrogens is 333 g/mol. The number of benzene rings is 2. The van der Waals surface area contributed by atoms with E-state index in [1.165, 1.54) is 31.4 Å². The van der Waals surface area contributed by atoms with Gasteiger partial charge in [-0.25, -0.2) is 0 Å². The maximum Gasteiger partial charge on any atom is 0.0564 e. The lowest BCUT2D eigenvalue weighted by atomic mass is 9.92. The summed E-state index contributed by atoms with van der Waals surface area (Å²) in [5.74, 6) is 0. The third-order valence-electron chi connectivity index (χ3n) is 3.46. The highest BCUT2D eigenvalue weighted by molar-refractivity contribution is 14.1. The zero-order valence-electron chi connectivity index (χ0n) is 11.0. The van der Waals surface area contributed by atoms with Crippen LogP contribution in [-0.4, -0.2) is 0 Å². The fraction of sp³-hybridized carbons (Fsp3) is 0.250. The van der Waals surface area contributed by atoms with Gasteiger partial charge >= 0.3 is 0 Å². The Hall–Kier alpha value is -0.870. The van der Waals surface area contributed by atoms with E-state index in [0.717, 1.165) is 0 Å². The minimum Gasteiger partial charge on any atom is -0.320 e. The maximum absolute atomic E-state index is 6.43. The Morgan fingerprint density at radius 2 is 1.50 bits per heavy atom. The molecule has 0 aliphatic rings. The van der Waals surface area contributed by atoms with Crippen molar-refractivity contribution in [2.24, 2.45) is 5.73 Å². The van der Waals surface area contributed by atoms with Gasteiger partial charge in [0, 0.05) is 3.57 Å². The lowest BCUT2D eigenvalue weighted by Gasteiger charge is -2.18. The van der Waals surface area contributed by atoms with Gasteiger partial charge in [0.05, 0.1) is 6.04 Å². The topological polar surface area (TPSA) is 26.0 Å². The summed E-state index contributed by atoms with van der Waals surface area (Å²) in [5.41, 5.74) is 12.8. The van der Waals surface area contributed by atoms with E-state index in [4.69, 9.17) is 5.73 Å². The number of rotatable bonds is 2. The van der Waals surface area contributed by atoms with Gasteiger partial charge < -0.3 is 5.73 Å². The lowest BCUT2D eigenvalue weighted by molar-refractivity contribution is 0.852. The van der Waals surface area contributed by atoms with Crippen molar-refractivity contribution < 1.29 is 0 Å². The van der Waals surface area contributed by atoms with E-state index < -0.39 is 0 Å². The minimum absolute atomic E-state index is 0.0441. The first kappa shape index (κ1) is 13.6. The lowest BCUT2D eigenvalue weighted by Crippen LogP contribution is -2.15. The third-order valence-corrected chi connectivity index (χ3v) is 4.44. The summed E-state index contributed by atoms with van der Waals surface area (Å²) in [6.45, 7) is 6.42. The van der Waals surface area contributed by atoms with Crippen molar-refractivity contribution in [1.82, 2.24) is 0 Å². The van der Waals surface area contributed by atoms with E-state index in [1.54, 1.807) is 0 Å².